The van der Waals surface area contributed by atoms with Gasteiger partial charge in [0.2, 0.25) is 5.91 Å². The molecule has 226 valence electrons. The fraction of sp³-hybridized carbons (Fsp3) is 0.394. The van der Waals surface area contributed by atoms with Crippen LogP contribution in [-0.4, -0.2) is 89.2 Å². The Labute approximate surface area is 254 Å². The fourth-order valence-corrected chi connectivity index (χ4v) is 7.17. The van der Waals surface area contributed by atoms with Crippen LogP contribution in [-0.2, 0) is 4.79 Å². The number of aromatic nitrogens is 1. The van der Waals surface area contributed by atoms with E-state index < -0.39 is 11.4 Å². The minimum Gasteiger partial charge on any atom is -0.338 e. The number of nitrogens with one attached hydrogen (secondary N) is 3. The first-order valence-electron chi connectivity index (χ1n) is 15.2. The number of para-hydroxylation sites is 1. The van der Waals surface area contributed by atoms with Gasteiger partial charge in [0.05, 0.1) is 5.70 Å². The highest BCUT2D eigenvalue weighted by Crippen LogP contribution is 2.52. The summed E-state index contributed by atoms with van der Waals surface area (Å²) in [6.45, 7) is 11.5. The van der Waals surface area contributed by atoms with E-state index in [4.69, 9.17) is 5.73 Å². The molecule has 10 heteroatoms. The van der Waals surface area contributed by atoms with Crippen LogP contribution in [0.4, 0.5) is 5.69 Å². The molecule has 3 aliphatic heterocycles. The van der Waals surface area contributed by atoms with Gasteiger partial charge in [-0.15, -0.1) is 0 Å². The SMILES string of the molecule is CC(=O)NC1CNCCN1N1C(c2ccncc2)=C(c2ccccc2)C(C)(N2CCNCC2)N(c2ccccc2)C1(C)N. The maximum atomic E-state index is 12.5. The number of hydrogen-bond donors (Lipinski definition) is 4. The summed E-state index contributed by atoms with van der Waals surface area (Å²) in [7, 11) is 0. The Balaban J connectivity index is 1.72. The number of rotatable bonds is 6. The molecule has 1 aromatic heterocycles. The molecule has 0 aliphatic carbocycles. The summed E-state index contributed by atoms with van der Waals surface area (Å²) in [4.78, 5) is 21.8. The fourth-order valence-electron chi connectivity index (χ4n) is 7.17. The third-order valence-corrected chi connectivity index (χ3v) is 8.84. The molecule has 5 N–H and O–H groups in total. The molecule has 2 fully saturated rings. The van der Waals surface area contributed by atoms with E-state index in [2.05, 4.69) is 121 Å². The predicted octanol–water partition coefficient (Wildman–Crippen LogP) is 2.31. The first-order valence-corrected chi connectivity index (χ1v) is 15.2. The summed E-state index contributed by atoms with van der Waals surface area (Å²) in [5.74, 6) is -1.15. The smallest absolute Gasteiger partial charge is 0.218 e. The number of pyridine rings is 1. The van der Waals surface area contributed by atoms with Gasteiger partial charge in [-0.3, -0.25) is 25.4 Å². The summed E-state index contributed by atoms with van der Waals surface area (Å²) in [6.07, 6.45) is 3.38. The van der Waals surface area contributed by atoms with Crippen LogP contribution in [0.5, 0.6) is 0 Å². The standard InChI is InChI=1S/C33H43N9O/c1-25(43)38-29-24-37-20-23-40(29)42-31(27-14-16-35-17-15-27)30(26-10-6-4-7-11-26)32(2,39-21-18-36-19-22-39)41(33(42,3)34)28-12-8-5-9-13-28/h4-17,29,36-37H,18-24,34H2,1-3H3,(H,38,43). The van der Waals surface area contributed by atoms with Crippen molar-refractivity contribution in [1.82, 2.24) is 35.9 Å². The predicted molar refractivity (Wildman–Crippen MR) is 171 cm³/mol. The van der Waals surface area contributed by atoms with Crippen LogP contribution in [0.25, 0.3) is 11.3 Å². The minimum absolute atomic E-state index is 0.0854. The van der Waals surface area contributed by atoms with Crippen LogP contribution in [0, 0.1) is 0 Å². The Bertz CT molecular complexity index is 1430. The molecule has 3 unspecified atom stereocenters. The number of hydrogen-bond acceptors (Lipinski definition) is 9. The molecule has 10 nitrogen and oxygen atoms in total. The van der Waals surface area contributed by atoms with Crippen molar-refractivity contribution in [3.63, 3.8) is 0 Å². The molecular weight excluding hydrogens is 538 g/mol. The van der Waals surface area contributed by atoms with Crippen molar-refractivity contribution >= 4 is 22.9 Å². The number of carbonyl (C=O) groups is 1. The molecule has 3 atom stereocenters. The number of nitrogens with two attached hydrogens (primary N) is 1. The number of amides is 1. The number of nitrogens with zero attached hydrogens (tertiary/aromatic N) is 5. The number of anilines is 1. The van der Waals surface area contributed by atoms with Gasteiger partial charge in [-0.2, -0.15) is 5.01 Å². The molecule has 3 aliphatic rings. The van der Waals surface area contributed by atoms with E-state index in [1.54, 1.807) is 6.92 Å². The average Bonchev–Trinajstić information content (AvgIpc) is 3.02. The molecule has 0 spiro atoms. The zero-order valence-electron chi connectivity index (χ0n) is 25.3. The summed E-state index contributed by atoms with van der Waals surface area (Å²) < 4.78 is 0. The van der Waals surface area contributed by atoms with Gasteiger partial charge < -0.3 is 20.9 Å². The molecule has 0 bridgehead atoms. The van der Waals surface area contributed by atoms with Crippen LogP contribution in [0.3, 0.4) is 0 Å². The average molecular weight is 582 g/mol. The van der Waals surface area contributed by atoms with Crippen molar-refractivity contribution in [2.75, 3.05) is 50.7 Å². The second-order valence-electron chi connectivity index (χ2n) is 11.7. The van der Waals surface area contributed by atoms with Gasteiger partial charge in [-0.05, 0) is 43.7 Å². The van der Waals surface area contributed by atoms with E-state index in [1.807, 2.05) is 18.5 Å². The second-order valence-corrected chi connectivity index (χ2v) is 11.7. The Morgan fingerprint density at radius 2 is 1.51 bits per heavy atom. The molecule has 1 amide bonds. The van der Waals surface area contributed by atoms with E-state index in [0.29, 0.717) is 13.1 Å². The third kappa shape index (κ3) is 5.30. The molecular formula is C33H43N9O. The lowest BCUT2D eigenvalue weighted by Gasteiger charge is -2.66. The Morgan fingerprint density at radius 1 is 0.884 bits per heavy atom. The number of piperazine rings is 2. The van der Waals surface area contributed by atoms with Crippen LogP contribution in [0.2, 0.25) is 0 Å². The molecule has 3 aromatic rings. The van der Waals surface area contributed by atoms with Gasteiger partial charge in [0.25, 0.3) is 0 Å². The van der Waals surface area contributed by atoms with Crippen LogP contribution in [0.15, 0.2) is 85.2 Å². The van der Waals surface area contributed by atoms with Crippen LogP contribution >= 0.6 is 0 Å². The molecule has 2 saturated heterocycles. The van der Waals surface area contributed by atoms with E-state index >= 15 is 0 Å². The second kappa shape index (κ2) is 12.1. The normalized spacial score (nSPS) is 27.3. The van der Waals surface area contributed by atoms with Gasteiger partial charge in [0, 0.05) is 82.0 Å². The molecule has 0 radical (unpaired) electrons. The van der Waals surface area contributed by atoms with Gasteiger partial charge in [-0.1, -0.05) is 48.5 Å². The van der Waals surface area contributed by atoms with Crippen molar-refractivity contribution in [2.45, 2.75) is 38.4 Å². The molecule has 4 heterocycles. The lowest BCUT2D eigenvalue weighted by atomic mass is 9.82. The topological polar surface area (TPSA) is 105 Å². The summed E-state index contributed by atoms with van der Waals surface area (Å²) in [5, 5.41) is 14.7. The first-order chi connectivity index (χ1) is 20.8. The van der Waals surface area contributed by atoms with Crippen LogP contribution in [0.1, 0.15) is 31.9 Å². The minimum atomic E-state index is -1.06. The Hall–Kier alpha value is -3.80. The summed E-state index contributed by atoms with van der Waals surface area (Å²) in [5.41, 5.74) is 12.4. The van der Waals surface area contributed by atoms with Crippen LogP contribution < -0.4 is 26.6 Å². The monoisotopic (exact) mass is 581 g/mol. The third-order valence-electron chi connectivity index (χ3n) is 8.84. The lowest BCUT2D eigenvalue weighted by Crippen LogP contribution is -2.82. The highest BCUT2D eigenvalue weighted by molar-refractivity contribution is 5.97. The highest BCUT2D eigenvalue weighted by atomic mass is 16.1. The van der Waals surface area contributed by atoms with Gasteiger partial charge in [0.15, 0.2) is 5.79 Å². The van der Waals surface area contributed by atoms with E-state index in [9.17, 15) is 4.79 Å². The zero-order chi connectivity index (χ0) is 30.0. The van der Waals surface area contributed by atoms with Crippen molar-refractivity contribution in [1.29, 1.82) is 0 Å². The lowest BCUT2D eigenvalue weighted by molar-refractivity contribution is -0.134. The molecule has 6 rings (SSSR count). The molecule has 2 aromatic carbocycles. The maximum absolute atomic E-state index is 12.5. The van der Waals surface area contributed by atoms with Crippen molar-refractivity contribution < 1.29 is 4.79 Å². The number of benzene rings is 2. The van der Waals surface area contributed by atoms with Gasteiger partial charge in [0.1, 0.15) is 11.8 Å². The number of carbonyl (C=O) groups excluding carboxylic acids is 1. The van der Waals surface area contributed by atoms with Crippen molar-refractivity contribution in [3.05, 3.63) is 96.3 Å². The van der Waals surface area contributed by atoms with Crippen molar-refractivity contribution in [2.24, 2.45) is 5.73 Å². The molecule has 43 heavy (non-hydrogen) atoms. The quantitative estimate of drug-likeness (QED) is 0.349. The van der Waals surface area contributed by atoms with E-state index in [-0.39, 0.29) is 12.1 Å². The largest absolute Gasteiger partial charge is 0.338 e. The maximum Gasteiger partial charge on any atom is 0.218 e. The number of hydrazine groups is 1. The van der Waals surface area contributed by atoms with Gasteiger partial charge in [-0.25, -0.2) is 0 Å². The van der Waals surface area contributed by atoms with Gasteiger partial charge >= 0.3 is 0 Å². The Morgan fingerprint density at radius 3 is 2.16 bits per heavy atom. The van der Waals surface area contributed by atoms with Crippen molar-refractivity contribution in [3.8, 4) is 0 Å². The van der Waals surface area contributed by atoms with E-state index in [1.165, 1.54) is 0 Å². The summed E-state index contributed by atoms with van der Waals surface area (Å²) in [6, 6.07) is 25.3. The first kappa shape index (κ1) is 29.3. The zero-order valence-corrected chi connectivity index (χ0v) is 25.3. The summed E-state index contributed by atoms with van der Waals surface area (Å²) >= 11 is 0. The molecule has 0 saturated carbocycles. The van der Waals surface area contributed by atoms with E-state index in [0.717, 1.165) is 60.8 Å². The highest BCUT2D eigenvalue weighted by Gasteiger charge is 2.58. The Kier molecular flexibility index (Phi) is 8.21.